The second-order valence-electron chi connectivity index (χ2n) is 5.94. The average molecular weight is 323 g/mol. The Morgan fingerprint density at radius 3 is 2.33 bits per heavy atom. The topological polar surface area (TPSA) is 28.1 Å². The highest BCUT2D eigenvalue weighted by molar-refractivity contribution is 5.79. The van der Waals surface area contributed by atoms with Crippen molar-refractivity contribution in [2.45, 2.75) is 13.3 Å². The van der Waals surface area contributed by atoms with E-state index in [0.717, 1.165) is 50.5 Å². The van der Waals surface area contributed by atoms with Crippen LogP contribution >= 0.6 is 0 Å². The summed E-state index contributed by atoms with van der Waals surface area (Å²) in [7, 11) is 0. The van der Waals surface area contributed by atoms with Crippen LogP contribution in [0.1, 0.15) is 18.9 Å². The molecule has 2 aromatic rings. The van der Waals surface area contributed by atoms with E-state index in [4.69, 9.17) is 4.74 Å². The second-order valence-corrected chi connectivity index (χ2v) is 5.94. The Kier molecular flexibility index (Phi) is 5.72. The van der Waals surface area contributed by atoms with E-state index in [-0.39, 0.29) is 0 Å². The lowest BCUT2D eigenvalue weighted by Crippen LogP contribution is -2.44. The molecule has 0 N–H and O–H groups in total. The summed E-state index contributed by atoms with van der Waals surface area (Å²) in [6.07, 6.45) is 2.96. The molecule has 0 unspecified atom stereocenters. The summed E-state index contributed by atoms with van der Waals surface area (Å²) in [6.45, 7) is 6.78. The highest BCUT2D eigenvalue weighted by Crippen LogP contribution is 2.16. The first-order valence-corrected chi connectivity index (χ1v) is 8.67. The van der Waals surface area contributed by atoms with Gasteiger partial charge in [-0.2, -0.15) is 5.10 Å². The maximum Gasteiger partial charge on any atom is 0.119 e. The lowest BCUT2D eigenvalue weighted by molar-refractivity contribution is 0.272. The zero-order valence-electron chi connectivity index (χ0n) is 14.3. The number of anilines is 1. The van der Waals surface area contributed by atoms with Crippen LogP contribution in [0.3, 0.4) is 0 Å². The molecule has 4 nitrogen and oxygen atoms in total. The van der Waals surface area contributed by atoms with E-state index < -0.39 is 0 Å². The summed E-state index contributed by atoms with van der Waals surface area (Å²) in [5.41, 5.74) is 2.40. The van der Waals surface area contributed by atoms with E-state index in [9.17, 15) is 0 Å². The van der Waals surface area contributed by atoms with Crippen LogP contribution in [0.25, 0.3) is 0 Å². The van der Waals surface area contributed by atoms with E-state index in [2.05, 4.69) is 64.4 Å². The first-order valence-electron chi connectivity index (χ1n) is 8.67. The summed E-state index contributed by atoms with van der Waals surface area (Å²) in [5.74, 6) is 0.922. The van der Waals surface area contributed by atoms with E-state index in [1.807, 2.05) is 18.3 Å². The van der Waals surface area contributed by atoms with Crippen molar-refractivity contribution in [1.29, 1.82) is 0 Å². The van der Waals surface area contributed by atoms with Crippen molar-refractivity contribution >= 4 is 11.9 Å². The summed E-state index contributed by atoms with van der Waals surface area (Å²) in [5, 5.41) is 6.75. The molecule has 4 heteroatoms. The van der Waals surface area contributed by atoms with Crippen LogP contribution in [0.15, 0.2) is 59.7 Å². The van der Waals surface area contributed by atoms with Crippen molar-refractivity contribution in [3.05, 3.63) is 60.2 Å². The van der Waals surface area contributed by atoms with Gasteiger partial charge in [0.1, 0.15) is 5.75 Å². The smallest absolute Gasteiger partial charge is 0.119 e. The molecule has 0 aromatic heterocycles. The number of hydrogen-bond donors (Lipinski definition) is 0. The summed E-state index contributed by atoms with van der Waals surface area (Å²) < 4.78 is 5.60. The third kappa shape index (κ3) is 4.51. The van der Waals surface area contributed by atoms with E-state index >= 15 is 0 Å². The highest BCUT2D eigenvalue weighted by Gasteiger charge is 2.15. The van der Waals surface area contributed by atoms with Crippen molar-refractivity contribution in [3.8, 4) is 5.75 Å². The van der Waals surface area contributed by atoms with Crippen LogP contribution in [0.5, 0.6) is 5.75 Å². The molecular formula is C20H25N3O. The monoisotopic (exact) mass is 323 g/mol. The molecule has 0 spiro atoms. The average Bonchev–Trinajstić information content (AvgIpc) is 2.67. The normalized spacial score (nSPS) is 15.0. The first kappa shape index (κ1) is 16.4. The molecule has 24 heavy (non-hydrogen) atoms. The number of para-hydroxylation sites is 1. The molecule has 1 saturated heterocycles. The Labute approximate surface area is 144 Å². The fourth-order valence-corrected chi connectivity index (χ4v) is 2.73. The zero-order valence-corrected chi connectivity index (χ0v) is 14.3. The maximum absolute atomic E-state index is 5.60. The number of ether oxygens (including phenoxy) is 1. The Morgan fingerprint density at radius 1 is 0.958 bits per heavy atom. The highest BCUT2D eigenvalue weighted by atomic mass is 16.5. The van der Waals surface area contributed by atoms with E-state index in [0.29, 0.717) is 0 Å². The van der Waals surface area contributed by atoms with Crippen molar-refractivity contribution < 1.29 is 4.74 Å². The Bertz CT molecular complexity index is 632. The zero-order chi connectivity index (χ0) is 16.6. The molecule has 0 aliphatic carbocycles. The van der Waals surface area contributed by atoms with Gasteiger partial charge in [0, 0.05) is 18.8 Å². The fourth-order valence-electron chi connectivity index (χ4n) is 2.73. The molecule has 0 atom stereocenters. The van der Waals surface area contributed by atoms with Gasteiger partial charge in [0.15, 0.2) is 0 Å². The van der Waals surface area contributed by atoms with E-state index in [1.54, 1.807) is 0 Å². The Balaban J connectivity index is 1.49. The van der Waals surface area contributed by atoms with Crippen LogP contribution in [0, 0.1) is 0 Å². The van der Waals surface area contributed by atoms with Crippen LogP contribution in [-0.2, 0) is 0 Å². The van der Waals surface area contributed by atoms with E-state index in [1.165, 1.54) is 5.69 Å². The molecule has 0 saturated carbocycles. The second kappa shape index (κ2) is 8.39. The van der Waals surface area contributed by atoms with Crippen molar-refractivity contribution in [1.82, 2.24) is 5.01 Å². The SMILES string of the molecule is CCCOc1ccc(C=NN2CCN(c3ccccc3)CC2)cc1. The fraction of sp³-hybridized carbons (Fsp3) is 0.350. The third-order valence-corrected chi connectivity index (χ3v) is 4.10. The summed E-state index contributed by atoms with van der Waals surface area (Å²) in [4.78, 5) is 2.41. The van der Waals surface area contributed by atoms with Crippen LogP contribution < -0.4 is 9.64 Å². The third-order valence-electron chi connectivity index (χ3n) is 4.10. The van der Waals surface area contributed by atoms with Gasteiger partial charge in [-0.1, -0.05) is 25.1 Å². The molecule has 1 fully saturated rings. The molecule has 126 valence electrons. The molecule has 2 aromatic carbocycles. The van der Waals surface area contributed by atoms with Crippen LogP contribution in [0.4, 0.5) is 5.69 Å². The number of nitrogens with zero attached hydrogens (tertiary/aromatic N) is 3. The van der Waals surface area contributed by atoms with Gasteiger partial charge in [0.2, 0.25) is 0 Å². The van der Waals surface area contributed by atoms with Gasteiger partial charge in [-0.25, -0.2) is 0 Å². The molecule has 3 rings (SSSR count). The Hall–Kier alpha value is -2.49. The molecule has 0 radical (unpaired) electrons. The molecule has 1 aliphatic heterocycles. The molecule has 0 amide bonds. The van der Waals surface area contributed by atoms with Gasteiger partial charge in [-0.05, 0) is 48.4 Å². The van der Waals surface area contributed by atoms with Gasteiger partial charge >= 0.3 is 0 Å². The number of rotatable bonds is 6. The molecular weight excluding hydrogens is 298 g/mol. The number of hydrogen-bond acceptors (Lipinski definition) is 4. The molecule has 1 heterocycles. The van der Waals surface area contributed by atoms with Crippen molar-refractivity contribution in [2.24, 2.45) is 5.10 Å². The quantitative estimate of drug-likeness (QED) is 0.760. The van der Waals surface area contributed by atoms with Gasteiger partial charge in [-0.15, -0.1) is 0 Å². The Morgan fingerprint density at radius 2 is 1.67 bits per heavy atom. The van der Waals surface area contributed by atoms with Gasteiger partial charge in [0.25, 0.3) is 0 Å². The minimum atomic E-state index is 0.763. The minimum Gasteiger partial charge on any atom is -0.494 e. The van der Waals surface area contributed by atoms with Gasteiger partial charge < -0.3 is 9.64 Å². The minimum absolute atomic E-state index is 0.763. The van der Waals surface area contributed by atoms with Crippen molar-refractivity contribution in [2.75, 3.05) is 37.7 Å². The van der Waals surface area contributed by atoms with Crippen molar-refractivity contribution in [3.63, 3.8) is 0 Å². The molecule has 1 aliphatic rings. The summed E-state index contributed by atoms with van der Waals surface area (Å²) in [6, 6.07) is 18.7. The predicted octanol–water partition coefficient (Wildman–Crippen LogP) is 3.63. The summed E-state index contributed by atoms with van der Waals surface area (Å²) >= 11 is 0. The lowest BCUT2D eigenvalue weighted by atomic mass is 10.2. The lowest BCUT2D eigenvalue weighted by Gasteiger charge is -2.34. The van der Waals surface area contributed by atoms with Crippen LogP contribution in [-0.4, -0.2) is 44.0 Å². The predicted molar refractivity (Wildman–Crippen MR) is 100 cm³/mol. The maximum atomic E-state index is 5.60. The van der Waals surface area contributed by atoms with Gasteiger partial charge in [0.05, 0.1) is 25.9 Å². The number of hydrazone groups is 1. The first-order chi connectivity index (χ1) is 11.8. The number of benzene rings is 2. The number of piperazine rings is 1. The standard InChI is InChI=1S/C20H25N3O/c1-2-16-24-20-10-8-18(9-11-20)17-21-23-14-12-22(13-15-23)19-6-4-3-5-7-19/h3-11,17H,2,12-16H2,1H3. The van der Waals surface area contributed by atoms with Gasteiger partial charge in [-0.3, -0.25) is 5.01 Å². The van der Waals surface area contributed by atoms with Crippen LogP contribution in [0.2, 0.25) is 0 Å². The largest absolute Gasteiger partial charge is 0.494 e. The molecule has 0 bridgehead atoms.